The topological polar surface area (TPSA) is 125 Å². The molecular weight excluding hydrogens is 380 g/mol. The lowest BCUT2D eigenvalue weighted by molar-refractivity contribution is -0.385. The van der Waals surface area contributed by atoms with Gasteiger partial charge in [0.1, 0.15) is 12.4 Å². The molecule has 2 aliphatic rings. The van der Waals surface area contributed by atoms with Gasteiger partial charge in [0, 0.05) is 36.3 Å². The number of fused-ring (bicyclic) bond motifs is 1. The van der Waals surface area contributed by atoms with Gasteiger partial charge in [-0.05, 0) is 12.8 Å². The number of ether oxygens (including phenoxy) is 3. The molecule has 1 fully saturated rings. The third kappa shape index (κ3) is 4.54. The molecule has 0 N–H and O–H groups in total. The zero-order valence-electron chi connectivity index (χ0n) is 14.8. The van der Waals surface area contributed by atoms with E-state index in [1.54, 1.807) is 0 Å². The van der Waals surface area contributed by atoms with Crippen molar-refractivity contribution in [1.82, 2.24) is 4.31 Å². The molecule has 0 atom stereocenters. The molecule has 0 radical (unpaired) electrons. The van der Waals surface area contributed by atoms with Crippen LogP contribution in [-0.4, -0.2) is 49.8 Å². The fourth-order valence-corrected chi connectivity index (χ4v) is 4.06. The van der Waals surface area contributed by atoms with E-state index in [2.05, 4.69) is 0 Å². The lowest BCUT2D eigenvalue weighted by Gasteiger charge is -2.29. The highest BCUT2D eigenvalue weighted by Gasteiger charge is 2.30. The maximum absolute atomic E-state index is 12.3. The second kappa shape index (κ2) is 7.79. The highest BCUT2D eigenvalue weighted by Crippen LogP contribution is 2.33. The van der Waals surface area contributed by atoms with Crippen LogP contribution >= 0.6 is 0 Å². The molecule has 1 saturated heterocycles. The number of piperidine rings is 1. The maximum atomic E-state index is 12.3. The van der Waals surface area contributed by atoms with E-state index in [0.717, 1.165) is 6.26 Å². The first-order valence-corrected chi connectivity index (χ1v) is 10.2. The fraction of sp³-hybridized carbons (Fsp3) is 0.562. The van der Waals surface area contributed by atoms with Gasteiger partial charge in [-0.25, -0.2) is 12.7 Å². The van der Waals surface area contributed by atoms with Gasteiger partial charge in [0.2, 0.25) is 10.0 Å². The Labute approximate surface area is 156 Å². The molecule has 0 saturated carbocycles. The van der Waals surface area contributed by atoms with E-state index in [4.69, 9.17) is 14.2 Å². The number of rotatable bonds is 5. The summed E-state index contributed by atoms with van der Waals surface area (Å²) < 4.78 is 40.3. The summed E-state index contributed by atoms with van der Waals surface area (Å²) in [4.78, 5) is 22.9. The van der Waals surface area contributed by atoms with Crippen LogP contribution in [0.5, 0.6) is 5.75 Å². The van der Waals surface area contributed by atoms with Gasteiger partial charge in [-0.3, -0.25) is 14.9 Å². The maximum Gasteiger partial charge on any atom is 0.309 e. The molecule has 148 valence electrons. The van der Waals surface area contributed by atoms with Crippen molar-refractivity contribution in [2.24, 2.45) is 5.92 Å². The fourth-order valence-electron chi connectivity index (χ4n) is 3.18. The molecule has 0 unspecified atom stereocenters. The zero-order chi connectivity index (χ0) is 19.6. The number of carbonyl (C=O) groups excluding carboxylic acids is 1. The number of nitro benzene ring substituents is 1. The van der Waals surface area contributed by atoms with Crippen LogP contribution in [0.15, 0.2) is 12.1 Å². The van der Waals surface area contributed by atoms with Crippen LogP contribution in [0, 0.1) is 16.0 Å². The number of benzene rings is 1. The third-order valence-electron chi connectivity index (χ3n) is 4.61. The van der Waals surface area contributed by atoms with Gasteiger partial charge in [-0.1, -0.05) is 0 Å². The van der Waals surface area contributed by atoms with Crippen LogP contribution in [-0.2, 0) is 37.5 Å². The van der Waals surface area contributed by atoms with Crippen molar-refractivity contribution >= 4 is 21.7 Å². The average Bonchev–Trinajstić information content (AvgIpc) is 2.65. The molecule has 3 rings (SSSR count). The Morgan fingerprint density at radius 2 is 2.07 bits per heavy atom. The Balaban J connectivity index is 1.65. The molecule has 1 aromatic carbocycles. The number of nitro groups is 1. The monoisotopic (exact) mass is 400 g/mol. The molecule has 0 amide bonds. The molecule has 2 aliphatic heterocycles. The van der Waals surface area contributed by atoms with Gasteiger partial charge < -0.3 is 14.2 Å². The summed E-state index contributed by atoms with van der Waals surface area (Å²) in [5.74, 6) is -0.413. The van der Waals surface area contributed by atoms with E-state index < -0.39 is 26.8 Å². The van der Waals surface area contributed by atoms with E-state index in [0.29, 0.717) is 29.7 Å². The van der Waals surface area contributed by atoms with Gasteiger partial charge in [-0.2, -0.15) is 0 Å². The summed E-state index contributed by atoms with van der Waals surface area (Å²) in [6, 6.07) is 2.70. The first-order chi connectivity index (χ1) is 12.8. The first-order valence-electron chi connectivity index (χ1n) is 8.38. The molecule has 1 aromatic rings. The number of hydrogen-bond donors (Lipinski definition) is 0. The minimum Gasteiger partial charge on any atom is -0.467 e. The molecule has 2 heterocycles. The molecular formula is C16H20N2O8S. The summed E-state index contributed by atoms with van der Waals surface area (Å²) in [6.45, 7) is 0.587. The zero-order valence-corrected chi connectivity index (χ0v) is 15.6. The Hall–Kier alpha value is -2.24. The predicted molar refractivity (Wildman–Crippen MR) is 92.3 cm³/mol. The number of non-ortho nitro benzene ring substituents is 1. The summed E-state index contributed by atoms with van der Waals surface area (Å²) in [5.41, 5.74) is 0.808. The number of carbonyl (C=O) groups is 1. The van der Waals surface area contributed by atoms with Crippen molar-refractivity contribution < 1.29 is 32.3 Å². The van der Waals surface area contributed by atoms with Gasteiger partial charge in [-0.15, -0.1) is 0 Å². The minimum absolute atomic E-state index is 0.0235. The Kier molecular flexibility index (Phi) is 5.63. The van der Waals surface area contributed by atoms with Crippen molar-refractivity contribution in [3.8, 4) is 5.75 Å². The predicted octanol–water partition coefficient (Wildman–Crippen LogP) is 1.18. The van der Waals surface area contributed by atoms with Crippen LogP contribution in [0.1, 0.15) is 24.0 Å². The van der Waals surface area contributed by atoms with E-state index in [1.165, 1.54) is 16.4 Å². The number of esters is 1. The van der Waals surface area contributed by atoms with Gasteiger partial charge >= 0.3 is 5.97 Å². The number of hydrogen-bond acceptors (Lipinski definition) is 8. The average molecular weight is 400 g/mol. The van der Waals surface area contributed by atoms with Crippen LogP contribution in [0.3, 0.4) is 0 Å². The van der Waals surface area contributed by atoms with Gasteiger partial charge in [0.15, 0.2) is 6.79 Å². The quantitative estimate of drug-likeness (QED) is 0.410. The van der Waals surface area contributed by atoms with Crippen molar-refractivity contribution in [3.63, 3.8) is 0 Å². The van der Waals surface area contributed by atoms with Crippen molar-refractivity contribution in [1.29, 1.82) is 0 Å². The number of sulfonamides is 1. The highest BCUT2D eigenvalue weighted by atomic mass is 32.2. The third-order valence-corrected chi connectivity index (χ3v) is 5.91. The standard InChI is InChI=1S/C16H20N2O8S/c1-27(22,23)17-4-2-11(3-5-17)16(19)25-9-13-7-14(18(20)21)6-12-8-24-10-26-15(12)13/h6-7,11H,2-5,8-10H2,1H3. The molecule has 11 heteroatoms. The van der Waals surface area contributed by atoms with Crippen molar-refractivity contribution in [2.45, 2.75) is 26.1 Å². The van der Waals surface area contributed by atoms with E-state index in [1.807, 2.05) is 0 Å². The molecule has 0 spiro atoms. The van der Waals surface area contributed by atoms with Crippen molar-refractivity contribution in [3.05, 3.63) is 33.4 Å². The smallest absolute Gasteiger partial charge is 0.309 e. The van der Waals surface area contributed by atoms with E-state index in [-0.39, 0.29) is 38.8 Å². The van der Waals surface area contributed by atoms with Gasteiger partial charge in [0.25, 0.3) is 5.69 Å². The summed E-state index contributed by atoms with van der Waals surface area (Å²) >= 11 is 0. The summed E-state index contributed by atoms with van der Waals surface area (Å²) in [5, 5.41) is 11.1. The first kappa shape index (κ1) is 19.5. The van der Waals surface area contributed by atoms with Gasteiger partial charge in [0.05, 0.1) is 23.7 Å². The van der Waals surface area contributed by atoms with Crippen LogP contribution in [0.4, 0.5) is 5.69 Å². The molecule has 10 nitrogen and oxygen atoms in total. The largest absolute Gasteiger partial charge is 0.467 e. The minimum atomic E-state index is -3.26. The molecule has 0 bridgehead atoms. The second-order valence-corrected chi connectivity index (χ2v) is 8.49. The summed E-state index contributed by atoms with van der Waals surface area (Å²) in [7, 11) is -3.26. The van der Waals surface area contributed by atoms with Crippen LogP contribution < -0.4 is 4.74 Å². The molecule has 0 aliphatic carbocycles. The Bertz CT molecular complexity index is 846. The van der Waals surface area contributed by atoms with Crippen LogP contribution in [0.2, 0.25) is 0 Å². The Morgan fingerprint density at radius 3 is 2.70 bits per heavy atom. The molecule has 0 aromatic heterocycles. The Morgan fingerprint density at radius 1 is 1.37 bits per heavy atom. The normalized spacial score (nSPS) is 18.4. The van der Waals surface area contributed by atoms with Crippen LogP contribution in [0.25, 0.3) is 0 Å². The van der Waals surface area contributed by atoms with E-state index in [9.17, 15) is 23.3 Å². The highest BCUT2D eigenvalue weighted by molar-refractivity contribution is 7.88. The number of nitrogens with zero attached hydrogens (tertiary/aromatic N) is 2. The van der Waals surface area contributed by atoms with E-state index >= 15 is 0 Å². The summed E-state index contributed by atoms with van der Waals surface area (Å²) in [6.07, 6.45) is 1.90. The molecule has 27 heavy (non-hydrogen) atoms. The van der Waals surface area contributed by atoms with Crippen molar-refractivity contribution in [2.75, 3.05) is 26.1 Å². The lowest BCUT2D eigenvalue weighted by Crippen LogP contribution is -2.40. The SMILES string of the molecule is CS(=O)(=O)N1CCC(C(=O)OCc2cc([N+](=O)[O-])cc3c2OCOC3)CC1. The lowest BCUT2D eigenvalue weighted by atomic mass is 9.98. The second-order valence-electron chi connectivity index (χ2n) is 6.50.